The number of esters is 1. The number of benzene rings is 1. The van der Waals surface area contributed by atoms with Crippen LogP contribution in [0.2, 0.25) is 0 Å². The van der Waals surface area contributed by atoms with Crippen molar-refractivity contribution in [1.82, 2.24) is 10.3 Å². The van der Waals surface area contributed by atoms with Gasteiger partial charge in [0.25, 0.3) is 5.91 Å². The fraction of sp³-hybridized carbons (Fsp3) is 0.250. The molecule has 0 aliphatic carbocycles. The second-order valence-corrected chi connectivity index (χ2v) is 8.16. The Bertz CT molecular complexity index is 937. The molecule has 1 aromatic carbocycles. The molecule has 8 heteroatoms. The zero-order valence-corrected chi connectivity index (χ0v) is 17.1. The number of nitrogens with zero attached hydrogens (tertiary/aromatic N) is 1. The quantitative estimate of drug-likeness (QED) is 0.434. The number of amides is 1. The Hall–Kier alpha value is -2.58. The third kappa shape index (κ3) is 5.46. The molecule has 1 atom stereocenters. The summed E-state index contributed by atoms with van der Waals surface area (Å²) in [5, 5.41) is 4.72. The molecule has 0 saturated heterocycles. The van der Waals surface area contributed by atoms with E-state index in [-0.39, 0.29) is 18.6 Å². The van der Waals surface area contributed by atoms with Crippen LogP contribution < -0.4 is 5.32 Å². The second kappa shape index (κ2) is 9.57. The van der Waals surface area contributed by atoms with Gasteiger partial charge in [-0.3, -0.25) is 4.79 Å². The standard InChI is InChI=1S/C20H20N2O4S2/c1-13-11-27-20(21-13)28-12-15-6-3-4-7-16(15)19(24)26-10-18(23)22-14(2)17-8-5-9-25-17/h3-9,11,14H,10,12H2,1-2H3,(H,22,23)/t14-/m0/s1. The van der Waals surface area contributed by atoms with Gasteiger partial charge in [0, 0.05) is 16.8 Å². The average Bonchev–Trinajstić information content (AvgIpc) is 3.36. The Balaban J connectivity index is 1.54. The monoisotopic (exact) mass is 416 g/mol. The number of nitrogens with one attached hydrogen (secondary N) is 1. The van der Waals surface area contributed by atoms with Crippen LogP contribution in [-0.2, 0) is 15.3 Å². The summed E-state index contributed by atoms with van der Waals surface area (Å²) < 4.78 is 11.4. The number of aryl methyl sites for hydroxylation is 1. The van der Waals surface area contributed by atoms with Crippen LogP contribution in [0.25, 0.3) is 0 Å². The normalized spacial score (nSPS) is 11.8. The number of furan rings is 1. The van der Waals surface area contributed by atoms with Crippen molar-refractivity contribution in [2.24, 2.45) is 0 Å². The molecule has 146 valence electrons. The van der Waals surface area contributed by atoms with Crippen LogP contribution in [-0.4, -0.2) is 23.5 Å². The Kier molecular flexibility index (Phi) is 6.89. The van der Waals surface area contributed by atoms with E-state index in [4.69, 9.17) is 9.15 Å². The zero-order valence-electron chi connectivity index (χ0n) is 15.5. The molecule has 0 aliphatic heterocycles. The minimum atomic E-state index is -0.521. The predicted molar refractivity (Wildman–Crippen MR) is 108 cm³/mol. The highest BCUT2D eigenvalue weighted by Gasteiger charge is 2.17. The lowest BCUT2D eigenvalue weighted by atomic mass is 10.1. The van der Waals surface area contributed by atoms with E-state index in [9.17, 15) is 9.59 Å². The molecule has 3 aromatic rings. The number of hydrogen-bond acceptors (Lipinski definition) is 7. The number of carbonyl (C=O) groups excluding carboxylic acids is 2. The minimum absolute atomic E-state index is 0.299. The number of thioether (sulfide) groups is 1. The van der Waals surface area contributed by atoms with Crippen LogP contribution in [0.15, 0.2) is 56.8 Å². The first-order valence-electron chi connectivity index (χ1n) is 8.65. The van der Waals surface area contributed by atoms with Gasteiger partial charge in [0.2, 0.25) is 0 Å². The largest absolute Gasteiger partial charge is 0.467 e. The highest BCUT2D eigenvalue weighted by molar-refractivity contribution is 8.00. The van der Waals surface area contributed by atoms with Crippen molar-refractivity contribution in [2.45, 2.75) is 30.0 Å². The summed E-state index contributed by atoms with van der Waals surface area (Å²) in [7, 11) is 0. The van der Waals surface area contributed by atoms with Crippen molar-refractivity contribution in [3.63, 3.8) is 0 Å². The van der Waals surface area contributed by atoms with Crippen molar-refractivity contribution >= 4 is 35.0 Å². The summed E-state index contributed by atoms with van der Waals surface area (Å²) in [6, 6.07) is 10.5. The van der Waals surface area contributed by atoms with Crippen LogP contribution in [0.5, 0.6) is 0 Å². The van der Waals surface area contributed by atoms with Gasteiger partial charge in [-0.05, 0) is 37.6 Å². The number of aromatic nitrogens is 1. The molecule has 0 spiro atoms. The van der Waals surface area contributed by atoms with E-state index >= 15 is 0 Å². The molecule has 0 radical (unpaired) electrons. The highest BCUT2D eigenvalue weighted by Crippen LogP contribution is 2.27. The minimum Gasteiger partial charge on any atom is -0.467 e. The molecule has 6 nitrogen and oxygen atoms in total. The Labute approximate surface area is 171 Å². The van der Waals surface area contributed by atoms with E-state index in [0.29, 0.717) is 17.1 Å². The first kappa shape index (κ1) is 20.2. The summed E-state index contributed by atoms with van der Waals surface area (Å²) in [5.41, 5.74) is 2.28. The van der Waals surface area contributed by atoms with Crippen molar-refractivity contribution in [3.05, 3.63) is 70.6 Å². The molecule has 0 unspecified atom stereocenters. The first-order chi connectivity index (χ1) is 13.5. The third-order valence-electron chi connectivity index (χ3n) is 3.87. The third-order valence-corrected chi connectivity index (χ3v) is 6.06. The summed E-state index contributed by atoms with van der Waals surface area (Å²) in [6.07, 6.45) is 1.54. The summed E-state index contributed by atoms with van der Waals surface area (Å²) in [4.78, 5) is 28.9. The van der Waals surface area contributed by atoms with Gasteiger partial charge in [-0.2, -0.15) is 0 Å². The number of hydrogen-bond donors (Lipinski definition) is 1. The zero-order chi connectivity index (χ0) is 19.9. The number of thiazole rings is 1. The molecular formula is C20H20N2O4S2. The second-order valence-electron chi connectivity index (χ2n) is 6.08. The molecule has 0 saturated carbocycles. The molecule has 1 amide bonds. The molecule has 0 fully saturated rings. The Morgan fingerprint density at radius 1 is 1.29 bits per heavy atom. The van der Waals surface area contributed by atoms with Crippen molar-refractivity contribution in [2.75, 3.05) is 6.61 Å². The SMILES string of the molecule is Cc1csc(SCc2ccccc2C(=O)OCC(=O)N[C@@H](C)c2ccco2)n1. The van der Waals surface area contributed by atoms with E-state index in [1.165, 1.54) is 0 Å². The summed E-state index contributed by atoms with van der Waals surface area (Å²) >= 11 is 3.14. The first-order valence-corrected chi connectivity index (χ1v) is 10.5. The Morgan fingerprint density at radius 3 is 2.82 bits per heavy atom. The van der Waals surface area contributed by atoms with E-state index in [0.717, 1.165) is 15.6 Å². The van der Waals surface area contributed by atoms with Gasteiger partial charge in [0.15, 0.2) is 6.61 Å². The Morgan fingerprint density at radius 2 is 2.11 bits per heavy atom. The molecule has 28 heavy (non-hydrogen) atoms. The fourth-order valence-electron chi connectivity index (χ4n) is 2.48. The van der Waals surface area contributed by atoms with Gasteiger partial charge < -0.3 is 14.5 Å². The van der Waals surface area contributed by atoms with Gasteiger partial charge in [-0.1, -0.05) is 30.0 Å². The van der Waals surface area contributed by atoms with Crippen LogP contribution >= 0.6 is 23.1 Å². The van der Waals surface area contributed by atoms with Gasteiger partial charge in [-0.25, -0.2) is 9.78 Å². The van der Waals surface area contributed by atoms with E-state index < -0.39 is 5.97 Å². The average molecular weight is 417 g/mol. The number of carbonyl (C=O) groups is 2. The molecule has 0 bridgehead atoms. The number of ether oxygens (including phenoxy) is 1. The lowest BCUT2D eigenvalue weighted by Crippen LogP contribution is -2.31. The van der Waals surface area contributed by atoms with Crippen molar-refractivity contribution < 1.29 is 18.7 Å². The van der Waals surface area contributed by atoms with Crippen LogP contribution in [0, 0.1) is 6.92 Å². The predicted octanol–water partition coefficient (Wildman–Crippen LogP) is 4.37. The van der Waals surface area contributed by atoms with E-state index in [2.05, 4.69) is 10.3 Å². The topological polar surface area (TPSA) is 81.4 Å². The smallest absolute Gasteiger partial charge is 0.338 e. The molecule has 0 aliphatic rings. The van der Waals surface area contributed by atoms with E-state index in [1.54, 1.807) is 60.6 Å². The summed E-state index contributed by atoms with van der Waals surface area (Å²) in [6.45, 7) is 3.39. The molecular weight excluding hydrogens is 396 g/mol. The van der Waals surface area contributed by atoms with Crippen LogP contribution in [0.3, 0.4) is 0 Å². The van der Waals surface area contributed by atoms with Crippen LogP contribution in [0.4, 0.5) is 0 Å². The maximum Gasteiger partial charge on any atom is 0.338 e. The van der Waals surface area contributed by atoms with Crippen molar-refractivity contribution in [1.29, 1.82) is 0 Å². The fourth-order valence-corrected chi connectivity index (χ4v) is 4.34. The van der Waals surface area contributed by atoms with Crippen LogP contribution in [0.1, 0.15) is 40.3 Å². The molecule has 3 rings (SSSR count). The van der Waals surface area contributed by atoms with Gasteiger partial charge in [-0.15, -0.1) is 11.3 Å². The van der Waals surface area contributed by atoms with Crippen molar-refractivity contribution in [3.8, 4) is 0 Å². The van der Waals surface area contributed by atoms with E-state index in [1.807, 2.05) is 24.4 Å². The molecule has 2 heterocycles. The van der Waals surface area contributed by atoms with Gasteiger partial charge >= 0.3 is 5.97 Å². The lowest BCUT2D eigenvalue weighted by molar-refractivity contribution is -0.125. The lowest BCUT2D eigenvalue weighted by Gasteiger charge is -2.12. The highest BCUT2D eigenvalue weighted by atomic mass is 32.2. The summed E-state index contributed by atoms with van der Waals surface area (Å²) in [5.74, 6) is 0.328. The van der Waals surface area contributed by atoms with Gasteiger partial charge in [0.1, 0.15) is 10.1 Å². The molecule has 2 aromatic heterocycles. The van der Waals surface area contributed by atoms with Gasteiger partial charge in [0.05, 0.1) is 17.9 Å². The number of rotatable bonds is 8. The molecule has 1 N–H and O–H groups in total. The maximum atomic E-state index is 12.5. The maximum absolute atomic E-state index is 12.5.